The lowest BCUT2D eigenvalue weighted by Crippen LogP contribution is -2.52. The molecule has 1 N–H and O–H groups in total. The van der Waals surface area contributed by atoms with E-state index in [9.17, 15) is 9.59 Å². The number of benzene rings is 2. The second-order valence-corrected chi connectivity index (χ2v) is 8.22. The zero-order valence-electron chi connectivity index (χ0n) is 17.6. The highest BCUT2D eigenvalue weighted by atomic mass is 32.2. The Hall–Kier alpha value is -2.27. The molecule has 2 unspecified atom stereocenters. The summed E-state index contributed by atoms with van der Waals surface area (Å²) in [7, 11) is 0. The Morgan fingerprint density at radius 1 is 0.966 bits per heavy atom. The first-order valence-corrected chi connectivity index (χ1v) is 11.3. The molecule has 0 aliphatic rings. The molecule has 2 aromatic rings. The predicted octanol–water partition coefficient (Wildman–Crippen LogP) is 4.54. The summed E-state index contributed by atoms with van der Waals surface area (Å²) >= 11 is 1.51. The summed E-state index contributed by atoms with van der Waals surface area (Å²) in [5.74, 6) is 0.264. The molecule has 0 saturated heterocycles. The Kier molecular flexibility index (Phi) is 9.78. The number of hydrogen-bond acceptors (Lipinski definition) is 3. The molecule has 2 rings (SSSR count). The second kappa shape index (κ2) is 12.3. The molecular weight excluding hydrogens is 380 g/mol. The average Bonchev–Trinajstić information content (AvgIpc) is 2.76. The molecule has 0 spiro atoms. The number of nitrogens with zero attached hydrogens (tertiary/aromatic N) is 1. The van der Waals surface area contributed by atoms with E-state index in [2.05, 4.69) is 17.4 Å². The summed E-state index contributed by atoms with van der Waals surface area (Å²) in [4.78, 5) is 28.8. The topological polar surface area (TPSA) is 49.4 Å². The summed E-state index contributed by atoms with van der Waals surface area (Å²) in [5.41, 5.74) is 1.16. The van der Waals surface area contributed by atoms with Gasteiger partial charge in [0.05, 0.1) is 5.75 Å². The van der Waals surface area contributed by atoms with Crippen LogP contribution in [0, 0.1) is 0 Å². The number of carbonyl (C=O) groups is 2. The summed E-state index contributed by atoms with van der Waals surface area (Å²) in [6.07, 6.45) is 2.19. The number of amides is 2. The van der Waals surface area contributed by atoms with Gasteiger partial charge in [-0.15, -0.1) is 11.8 Å². The molecule has 0 bridgehead atoms. The van der Waals surface area contributed by atoms with E-state index in [1.165, 1.54) is 11.8 Å². The Balaban J connectivity index is 2.11. The Morgan fingerprint density at radius 3 is 2.17 bits per heavy atom. The third-order valence-electron chi connectivity index (χ3n) is 4.98. The molecule has 0 fully saturated rings. The summed E-state index contributed by atoms with van der Waals surface area (Å²) in [6.45, 7) is 6.53. The molecule has 2 amide bonds. The largest absolute Gasteiger partial charge is 0.352 e. The Bertz CT molecular complexity index is 752. The minimum atomic E-state index is -0.448. The van der Waals surface area contributed by atoms with E-state index in [4.69, 9.17) is 0 Å². The standard InChI is InChI=1S/C24H32N2O2S/c1-4-19(3)25-24(28)22(5-2)26(17-16-20-12-8-6-9-13-20)23(27)18-29-21-14-10-7-11-15-21/h6-15,19,22H,4-5,16-18H2,1-3H3,(H,25,28). The summed E-state index contributed by atoms with van der Waals surface area (Å²) < 4.78 is 0. The molecule has 0 aliphatic heterocycles. The van der Waals surface area contributed by atoms with E-state index < -0.39 is 6.04 Å². The van der Waals surface area contributed by atoms with Crippen LogP contribution in [0.1, 0.15) is 39.2 Å². The van der Waals surface area contributed by atoms with Gasteiger partial charge in [-0.05, 0) is 43.9 Å². The van der Waals surface area contributed by atoms with Gasteiger partial charge in [0.1, 0.15) is 6.04 Å². The van der Waals surface area contributed by atoms with Crippen LogP contribution in [0.2, 0.25) is 0 Å². The Labute approximate surface area is 179 Å². The van der Waals surface area contributed by atoms with Crippen molar-refractivity contribution in [2.24, 2.45) is 0 Å². The van der Waals surface area contributed by atoms with E-state index in [-0.39, 0.29) is 17.9 Å². The molecule has 2 atom stereocenters. The van der Waals surface area contributed by atoms with E-state index in [0.29, 0.717) is 18.7 Å². The van der Waals surface area contributed by atoms with Crippen LogP contribution in [0.3, 0.4) is 0 Å². The van der Waals surface area contributed by atoms with Crippen molar-refractivity contribution in [2.75, 3.05) is 12.3 Å². The number of hydrogen-bond donors (Lipinski definition) is 1. The monoisotopic (exact) mass is 412 g/mol. The molecule has 0 aliphatic carbocycles. The lowest BCUT2D eigenvalue weighted by Gasteiger charge is -2.31. The van der Waals surface area contributed by atoms with Crippen LogP contribution in [0.5, 0.6) is 0 Å². The van der Waals surface area contributed by atoms with E-state index in [0.717, 1.165) is 23.3 Å². The van der Waals surface area contributed by atoms with Gasteiger partial charge in [-0.1, -0.05) is 62.4 Å². The first-order valence-electron chi connectivity index (χ1n) is 10.4. The third-order valence-corrected chi connectivity index (χ3v) is 5.97. The summed E-state index contributed by atoms with van der Waals surface area (Å²) in [5, 5.41) is 3.05. The maximum Gasteiger partial charge on any atom is 0.243 e. The van der Waals surface area contributed by atoms with Gasteiger partial charge in [-0.3, -0.25) is 9.59 Å². The molecular formula is C24H32N2O2S. The predicted molar refractivity (Wildman–Crippen MR) is 121 cm³/mol. The van der Waals surface area contributed by atoms with Crippen LogP contribution in [-0.2, 0) is 16.0 Å². The summed E-state index contributed by atoms with van der Waals surface area (Å²) in [6, 6.07) is 19.6. The molecule has 0 radical (unpaired) electrons. The Morgan fingerprint density at radius 2 is 1.59 bits per heavy atom. The molecule has 5 heteroatoms. The molecule has 0 saturated carbocycles. The van der Waals surface area contributed by atoms with Crippen LogP contribution in [0.25, 0.3) is 0 Å². The first kappa shape index (κ1) is 23.0. The second-order valence-electron chi connectivity index (χ2n) is 7.17. The van der Waals surface area contributed by atoms with Crippen molar-refractivity contribution in [3.05, 3.63) is 66.2 Å². The number of thioether (sulfide) groups is 1. The van der Waals surface area contributed by atoms with E-state index in [1.807, 2.05) is 69.3 Å². The van der Waals surface area contributed by atoms with Crippen molar-refractivity contribution in [2.45, 2.75) is 57.0 Å². The van der Waals surface area contributed by atoms with E-state index >= 15 is 0 Å². The van der Waals surface area contributed by atoms with Gasteiger partial charge in [0.15, 0.2) is 0 Å². The lowest BCUT2D eigenvalue weighted by molar-refractivity contribution is -0.139. The maximum atomic E-state index is 13.1. The molecule has 29 heavy (non-hydrogen) atoms. The highest BCUT2D eigenvalue weighted by molar-refractivity contribution is 8.00. The number of nitrogens with one attached hydrogen (secondary N) is 1. The van der Waals surface area contributed by atoms with Gasteiger partial charge in [-0.2, -0.15) is 0 Å². The fourth-order valence-electron chi connectivity index (χ4n) is 3.08. The highest BCUT2D eigenvalue weighted by Crippen LogP contribution is 2.19. The van der Waals surface area contributed by atoms with Crippen molar-refractivity contribution in [3.63, 3.8) is 0 Å². The van der Waals surface area contributed by atoms with Crippen LogP contribution in [0.15, 0.2) is 65.6 Å². The van der Waals surface area contributed by atoms with Gasteiger partial charge in [0.25, 0.3) is 0 Å². The zero-order valence-corrected chi connectivity index (χ0v) is 18.5. The molecule has 4 nitrogen and oxygen atoms in total. The fourth-order valence-corrected chi connectivity index (χ4v) is 3.89. The molecule has 156 valence electrons. The van der Waals surface area contributed by atoms with Gasteiger partial charge < -0.3 is 10.2 Å². The van der Waals surface area contributed by atoms with Gasteiger partial charge in [-0.25, -0.2) is 0 Å². The highest BCUT2D eigenvalue weighted by Gasteiger charge is 2.28. The maximum absolute atomic E-state index is 13.1. The van der Waals surface area contributed by atoms with Crippen LogP contribution >= 0.6 is 11.8 Å². The van der Waals surface area contributed by atoms with Crippen molar-refractivity contribution >= 4 is 23.6 Å². The zero-order chi connectivity index (χ0) is 21.1. The van der Waals surface area contributed by atoms with Crippen molar-refractivity contribution in [1.82, 2.24) is 10.2 Å². The van der Waals surface area contributed by atoms with Crippen molar-refractivity contribution in [3.8, 4) is 0 Å². The average molecular weight is 413 g/mol. The van der Waals surface area contributed by atoms with Crippen molar-refractivity contribution in [1.29, 1.82) is 0 Å². The van der Waals surface area contributed by atoms with E-state index in [1.54, 1.807) is 4.90 Å². The van der Waals surface area contributed by atoms with Gasteiger partial charge >= 0.3 is 0 Å². The van der Waals surface area contributed by atoms with Crippen LogP contribution < -0.4 is 5.32 Å². The normalized spacial score (nSPS) is 12.8. The lowest BCUT2D eigenvalue weighted by atomic mass is 10.1. The molecule has 0 aromatic heterocycles. The third kappa shape index (κ3) is 7.58. The first-order chi connectivity index (χ1) is 14.0. The smallest absolute Gasteiger partial charge is 0.243 e. The quantitative estimate of drug-likeness (QED) is 0.551. The SMILES string of the molecule is CCC(C)NC(=O)C(CC)N(CCc1ccccc1)C(=O)CSc1ccccc1. The van der Waals surface area contributed by atoms with Crippen LogP contribution in [0.4, 0.5) is 0 Å². The minimum absolute atomic E-state index is 0.000866. The van der Waals surface area contributed by atoms with Crippen molar-refractivity contribution < 1.29 is 9.59 Å². The van der Waals surface area contributed by atoms with Crippen LogP contribution in [-0.4, -0.2) is 41.1 Å². The molecule has 2 aromatic carbocycles. The number of carbonyl (C=O) groups excluding carboxylic acids is 2. The molecule has 0 heterocycles. The van der Waals surface area contributed by atoms with Gasteiger partial charge in [0.2, 0.25) is 11.8 Å². The fraction of sp³-hybridized carbons (Fsp3) is 0.417. The number of rotatable bonds is 11. The van der Waals surface area contributed by atoms with Gasteiger partial charge in [0, 0.05) is 17.5 Å². The minimum Gasteiger partial charge on any atom is -0.352 e.